The monoisotopic (exact) mass is 433 g/mol. The van der Waals surface area contributed by atoms with E-state index >= 15 is 0 Å². The second-order valence-electron chi connectivity index (χ2n) is 3.79. The Hall–Kier alpha value is -1.15. The van der Waals surface area contributed by atoms with Gasteiger partial charge in [-0.15, -0.1) is 0 Å². The quantitative estimate of drug-likeness (QED) is 0.735. The van der Waals surface area contributed by atoms with Crippen molar-refractivity contribution < 1.29 is 14.6 Å². The molecule has 0 fully saturated rings. The van der Waals surface area contributed by atoms with Gasteiger partial charge in [-0.1, -0.05) is 0 Å². The predicted molar refractivity (Wildman–Crippen MR) is 82.9 cm³/mol. The number of carbonyl (C=O) groups is 1. The molecule has 0 bridgehead atoms. The topological polar surface area (TPSA) is 59.4 Å². The first-order chi connectivity index (χ1) is 8.99. The lowest BCUT2D eigenvalue weighted by molar-refractivity contribution is 0.0694. The molecular weight excluding hydrogens is 425 g/mol. The third kappa shape index (κ3) is 3.24. The molecule has 6 heteroatoms. The number of aromatic carboxylic acids is 1. The van der Waals surface area contributed by atoms with Crippen LogP contribution in [0.4, 0.5) is 0 Å². The SMILES string of the molecule is Cc1ccnc(Oc2ccc(I)cc2C(=O)O)c1Br. The van der Waals surface area contributed by atoms with E-state index in [4.69, 9.17) is 4.74 Å². The Morgan fingerprint density at radius 2 is 2.16 bits per heavy atom. The first-order valence-corrected chi connectivity index (χ1v) is 7.18. The maximum absolute atomic E-state index is 11.2. The molecule has 19 heavy (non-hydrogen) atoms. The summed E-state index contributed by atoms with van der Waals surface area (Å²) in [5.41, 5.74) is 1.08. The normalized spacial score (nSPS) is 10.3. The van der Waals surface area contributed by atoms with Crippen LogP contribution in [0.5, 0.6) is 11.6 Å². The number of hydrogen-bond acceptors (Lipinski definition) is 3. The molecule has 0 unspecified atom stereocenters. The van der Waals surface area contributed by atoms with Crippen LogP contribution >= 0.6 is 38.5 Å². The van der Waals surface area contributed by atoms with Crippen molar-refractivity contribution in [3.05, 3.63) is 49.6 Å². The number of carboxylic acid groups (broad SMARTS) is 1. The summed E-state index contributed by atoms with van der Waals surface area (Å²) in [7, 11) is 0. The number of carboxylic acids is 1. The lowest BCUT2D eigenvalue weighted by atomic mass is 10.2. The first kappa shape index (κ1) is 14.3. The van der Waals surface area contributed by atoms with Crippen molar-refractivity contribution in [2.24, 2.45) is 0 Å². The third-order valence-corrected chi connectivity index (χ3v) is 4.06. The molecule has 0 saturated carbocycles. The summed E-state index contributed by atoms with van der Waals surface area (Å²) in [4.78, 5) is 15.3. The van der Waals surface area contributed by atoms with Gasteiger partial charge in [0.25, 0.3) is 0 Å². The fourth-order valence-electron chi connectivity index (χ4n) is 1.45. The van der Waals surface area contributed by atoms with Crippen molar-refractivity contribution in [3.63, 3.8) is 0 Å². The van der Waals surface area contributed by atoms with Crippen LogP contribution in [0.2, 0.25) is 0 Å². The molecule has 2 aromatic rings. The standard InChI is InChI=1S/C13H9BrINO3/c1-7-4-5-16-12(11(7)14)19-10-3-2-8(15)6-9(10)13(17)18/h2-6H,1H3,(H,17,18). The van der Waals surface area contributed by atoms with Crippen LogP contribution in [0, 0.1) is 10.5 Å². The lowest BCUT2D eigenvalue weighted by Crippen LogP contribution is -2.01. The maximum atomic E-state index is 11.2. The zero-order valence-corrected chi connectivity index (χ0v) is 13.6. The molecule has 0 aliphatic carbocycles. The van der Waals surface area contributed by atoms with Crippen molar-refractivity contribution in [1.29, 1.82) is 0 Å². The van der Waals surface area contributed by atoms with Gasteiger partial charge in [-0.05, 0) is 75.3 Å². The Morgan fingerprint density at radius 3 is 2.84 bits per heavy atom. The average Bonchev–Trinajstić information content (AvgIpc) is 2.36. The number of nitrogens with zero attached hydrogens (tertiary/aromatic N) is 1. The van der Waals surface area contributed by atoms with Gasteiger partial charge in [0, 0.05) is 9.77 Å². The fraction of sp³-hybridized carbons (Fsp3) is 0.0769. The van der Waals surface area contributed by atoms with Crippen molar-refractivity contribution in [2.45, 2.75) is 6.92 Å². The van der Waals surface area contributed by atoms with Gasteiger partial charge in [-0.2, -0.15) is 0 Å². The number of ether oxygens (including phenoxy) is 1. The Bertz CT molecular complexity index is 646. The van der Waals surface area contributed by atoms with Crippen LogP contribution in [-0.2, 0) is 0 Å². The van der Waals surface area contributed by atoms with Gasteiger partial charge in [-0.25, -0.2) is 9.78 Å². The van der Waals surface area contributed by atoms with Crippen molar-refractivity contribution in [1.82, 2.24) is 4.98 Å². The van der Waals surface area contributed by atoms with E-state index in [2.05, 4.69) is 43.5 Å². The zero-order chi connectivity index (χ0) is 14.0. The number of pyridine rings is 1. The Morgan fingerprint density at radius 1 is 1.42 bits per heavy atom. The smallest absolute Gasteiger partial charge is 0.339 e. The van der Waals surface area contributed by atoms with Gasteiger partial charge in [0.2, 0.25) is 5.88 Å². The van der Waals surface area contributed by atoms with E-state index in [-0.39, 0.29) is 11.3 Å². The van der Waals surface area contributed by atoms with Crippen molar-refractivity contribution in [2.75, 3.05) is 0 Å². The van der Waals surface area contributed by atoms with E-state index in [0.29, 0.717) is 10.4 Å². The minimum absolute atomic E-state index is 0.113. The highest BCUT2D eigenvalue weighted by molar-refractivity contribution is 14.1. The third-order valence-electron chi connectivity index (χ3n) is 2.43. The highest BCUT2D eigenvalue weighted by Crippen LogP contribution is 2.32. The summed E-state index contributed by atoms with van der Waals surface area (Å²) in [6.45, 7) is 1.91. The molecule has 0 aliphatic rings. The molecule has 1 N–H and O–H groups in total. The molecule has 1 heterocycles. The van der Waals surface area contributed by atoms with Gasteiger partial charge in [0.15, 0.2) is 0 Å². The first-order valence-electron chi connectivity index (χ1n) is 5.31. The Labute approximate surface area is 132 Å². The lowest BCUT2D eigenvalue weighted by Gasteiger charge is -2.10. The highest BCUT2D eigenvalue weighted by atomic mass is 127. The number of rotatable bonds is 3. The summed E-state index contributed by atoms with van der Waals surface area (Å²) >= 11 is 5.43. The van der Waals surface area contributed by atoms with Gasteiger partial charge in [0.1, 0.15) is 11.3 Å². The van der Waals surface area contributed by atoms with Crippen molar-refractivity contribution >= 4 is 44.5 Å². The molecular formula is C13H9BrINO3. The summed E-state index contributed by atoms with van der Waals surface area (Å²) in [6, 6.07) is 6.80. The van der Waals surface area contributed by atoms with Crippen LogP contribution < -0.4 is 4.74 Å². The number of aryl methyl sites for hydroxylation is 1. The molecule has 0 amide bonds. The van der Waals surface area contributed by atoms with Crippen LogP contribution in [-0.4, -0.2) is 16.1 Å². The van der Waals surface area contributed by atoms with Gasteiger partial charge in [0.05, 0.1) is 4.47 Å². The molecule has 1 aromatic carbocycles. The van der Waals surface area contributed by atoms with Gasteiger partial charge in [-0.3, -0.25) is 0 Å². The average molecular weight is 434 g/mol. The summed E-state index contributed by atoms with van der Waals surface area (Å²) in [6.07, 6.45) is 1.61. The van der Waals surface area contributed by atoms with Crippen LogP contribution in [0.15, 0.2) is 34.9 Å². The van der Waals surface area contributed by atoms with E-state index in [1.807, 2.05) is 13.0 Å². The predicted octanol–water partition coefficient (Wildman–Crippen LogP) is 4.25. The van der Waals surface area contributed by atoms with Crippen LogP contribution in [0.25, 0.3) is 0 Å². The van der Waals surface area contributed by atoms with E-state index < -0.39 is 5.97 Å². The second kappa shape index (κ2) is 5.87. The van der Waals surface area contributed by atoms with Crippen molar-refractivity contribution in [3.8, 4) is 11.6 Å². The molecule has 0 atom stereocenters. The molecule has 1 aromatic heterocycles. The van der Waals surface area contributed by atoms with Gasteiger partial charge < -0.3 is 9.84 Å². The highest BCUT2D eigenvalue weighted by Gasteiger charge is 2.15. The van der Waals surface area contributed by atoms with E-state index in [1.54, 1.807) is 24.4 Å². The van der Waals surface area contributed by atoms with Crippen LogP contribution in [0.1, 0.15) is 15.9 Å². The molecule has 2 rings (SSSR count). The summed E-state index contributed by atoms with van der Waals surface area (Å²) < 4.78 is 7.14. The number of halogens is 2. The molecule has 98 valence electrons. The van der Waals surface area contributed by atoms with Crippen LogP contribution in [0.3, 0.4) is 0 Å². The molecule has 0 spiro atoms. The fourth-order valence-corrected chi connectivity index (χ4v) is 2.26. The number of benzene rings is 1. The molecule has 0 radical (unpaired) electrons. The minimum atomic E-state index is -1.03. The minimum Gasteiger partial charge on any atom is -0.478 e. The molecule has 0 saturated heterocycles. The number of aromatic nitrogens is 1. The second-order valence-corrected chi connectivity index (χ2v) is 5.83. The van der Waals surface area contributed by atoms with E-state index in [1.165, 1.54) is 0 Å². The van der Waals surface area contributed by atoms with E-state index in [9.17, 15) is 9.90 Å². The zero-order valence-electron chi connectivity index (χ0n) is 9.85. The summed E-state index contributed by atoms with van der Waals surface area (Å²) in [5.74, 6) is -0.410. The molecule has 4 nitrogen and oxygen atoms in total. The summed E-state index contributed by atoms with van der Waals surface area (Å²) in [5, 5.41) is 9.18. The maximum Gasteiger partial charge on any atom is 0.339 e. The Balaban J connectivity index is 2.44. The molecule has 0 aliphatic heterocycles. The number of hydrogen-bond donors (Lipinski definition) is 1. The van der Waals surface area contributed by atoms with E-state index in [0.717, 1.165) is 9.13 Å². The van der Waals surface area contributed by atoms with Gasteiger partial charge >= 0.3 is 5.97 Å². The Kier molecular flexibility index (Phi) is 4.41. The largest absolute Gasteiger partial charge is 0.478 e.